The molecule has 0 spiro atoms. The molecule has 0 bridgehead atoms. The molecule has 1 aromatic carbocycles. The Labute approximate surface area is 114 Å². The molecule has 0 saturated carbocycles. The lowest BCUT2D eigenvalue weighted by molar-refractivity contribution is -0.384. The Bertz CT molecular complexity index is 722. The molecule has 0 aliphatic heterocycles. The standard InChI is InChI=1S/C13H10N4O3/c1-8-5-11(17(18)19)3-4-12(8)20-13-15-9(2)6-10(7-14)16-13/h3-6H,1-2H3. The summed E-state index contributed by atoms with van der Waals surface area (Å²) in [4.78, 5) is 18.2. The zero-order valence-electron chi connectivity index (χ0n) is 10.8. The van der Waals surface area contributed by atoms with E-state index in [4.69, 9.17) is 10.00 Å². The van der Waals surface area contributed by atoms with E-state index >= 15 is 0 Å². The minimum atomic E-state index is -0.478. The Balaban J connectivity index is 2.33. The number of rotatable bonds is 3. The summed E-state index contributed by atoms with van der Waals surface area (Å²) < 4.78 is 5.47. The number of nitriles is 1. The van der Waals surface area contributed by atoms with Crippen LogP contribution in [0.25, 0.3) is 0 Å². The van der Waals surface area contributed by atoms with Crippen molar-refractivity contribution in [2.75, 3.05) is 0 Å². The van der Waals surface area contributed by atoms with Gasteiger partial charge in [-0.15, -0.1) is 0 Å². The van der Waals surface area contributed by atoms with Crippen LogP contribution < -0.4 is 4.74 Å². The van der Waals surface area contributed by atoms with Gasteiger partial charge in [0.15, 0.2) is 0 Å². The third-order valence-corrected chi connectivity index (χ3v) is 2.52. The highest BCUT2D eigenvalue weighted by Gasteiger charge is 2.11. The lowest BCUT2D eigenvalue weighted by Gasteiger charge is -2.07. The van der Waals surface area contributed by atoms with Crippen LogP contribution >= 0.6 is 0 Å². The van der Waals surface area contributed by atoms with E-state index in [0.29, 0.717) is 17.0 Å². The molecule has 7 nitrogen and oxygen atoms in total. The summed E-state index contributed by atoms with van der Waals surface area (Å²) >= 11 is 0. The van der Waals surface area contributed by atoms with Gasteiger partial charge in [0.25, 0.3) is 5.69 Å². The van der Waals surface area contributed by atoms with Gasteiger partial charge in [-0.2, -0.15) is 10.2 Å². The van der Waals surface area contributed by atoms with Gasteiger partial charge in [0.1, 0.15) is 17.5 Å². The number of nitro benzene ring substituents is 1. The molecule has 0 unspecified atom stereocenters. The molecule has 0 amide bonds. The highest BCUT2D eigenvalue weighted by atomic mass is 16.6. The molecule has 0 N–H and O–H groups in total. The molecule has 0 atom stereocenters. The van der Waals surface area contributed by atoms with E-state index in [9.17, 15) is 10.1 Å². The molecule has 0 aliphatic carbocycles. The Morgan fingerprint density at radius 2 is 2.05 bits per heavy atom. The lowest BCUT2D eigenvalue weighted by Crippen LogP contribution is -1.98. The summed E-state index contributed by atoms with van der Waals surface area (Å²) in [5, 5.41) is 19.5. The van der Waals surface area contributed by atoms with Crippen molar-refractivity contribution < 1.29 is 9.66 Å². The first kappa shape index (κ1) is 13.4. The van der Waals surface area contributed by atoms with Gasteiger partial charge in [-0.3, -0.25) is 10.1 Å². The summed E-state index contributed by atoms with van der Waals surface area (Å²) in [5.74, 6) is 0.407. The molecule has 20 heavy (non-hydrogen) atoms. The number of nitrogens with zero attached hydrogens (tertiary/aromatic N) is 4. The summed E-state index contributed by atoms with van der Waals surface area (Å²) in [5.41, 5.74) is 1.37. The minimum Gasteiger partial charge on any atom is -0.424 e. The van der Waals surface area contributed by atoms with Gasteiger partial charge in [0, 0.05) is 17.8 Å². The van der Waals surface area contributed by atoms with E-state index in [1.807, 2.05) is 6.07 Å². The monoisotopic (exact) mass is 270 g/mol. The van der Waals surface area contributed by atoms with Gasteiger partial charge in [-0.05, 0) is 31.5 Å². The average molecular weight is 270 g/mol. The molecular formula is C13H10N4O3. The molecule has 2 rings (SSSR count). The van der Waals surface area contributed by atoms with Crippen LogP contribution in [0.2, 0.25) is 0 Å². The smallest absolute Gasteiger partial charge is 0.323 e. The number of hydrogen-bond acceptors (Lipinski definition) is 6. The van der Waals surface area contributed by atoms with Gasteiger partial charge in [0.05, 0.1) is 4.92 Å². The van der Waals surface area contributed by atoms with E-state index in [0.717, 1.165) is 0 Å². The van der Waals surface area contributed by atoms with Gasteiger partial charge < -0.3 is 4.74 Å². The molecule has 0 radical (unpaired) electrons. The summed E-state index contributed by atoms with van der Waals surface area (Å²) in [7, 11) is 0. The predicted octanol–water partition coefficient (Wildman–Crippen LogP) is 2.67. The second-order valence-corrected chi connectivity index (χ2v) is 4.10. The van der Waals surface area contributed by atoms with Crippen LogP contribution in [0, 0.1) is 35.3 Å². The molecule has 100 valence electrons. The Morgan fingerprint density at radius 3 is 2.65 bits per heavy atom. The van der Waals surface area contributed by atoms with E-state index < -0.39 is 4.92 Å². The van der Waals surface area contributed by atoms with Gasteiger partial charge in [-0.1, -0.05) is 0 Å². The zero-order chi connectivity index (χ0) is 14.7. The number of aryl methyl sites for hydroxylation is 2. The first-order valence-electron chi connectivity index (χ1n) is 5.68. The molecule has 0 fully saturated rings. The van der Waals surface area contributed by atoms with Gasteiger partial charge in [0.2, 0.25) is 0 Å². The SMILES string of the molecule is Cc1cc(C#N)nc(Oc2ccc([N+](=O)[O-])cc2C)n1. The van der Waals surface area contributed by atoms with Crippen LogP contribution in [-0.4, -0.2) is 14.9 Å². The topological polar surface area (TPSA) is 102 Å². The molecule has 2 aromatic rings. The number of ether oxygens (including phenoxy) is 1. The van der Waals surface area contributed by atoms with Crippen molar-refractivity contribution in [1.29, 1.82) is 5.26 Å². The number of aromatic nitrogens is 2. The van der Waals surface area contributed by atoms with Crippen LogP contribution in [0.1, 0.15) is 17.0 Å². The van der Waals surface area contributed by atoms with Crippen LogP contribution in [0.4, 0.5) is 5.69 Å². The minimum absolute atomic E-state index is 0.0160. The summed E-state index contributed by atoms with van der Waals surface area (Å²) in [6.07, 6.45) is 0. The van der Waals surface area contributed by atoms with Crippen molar-refractivity contribution >= 4 is 5.69 Å². The van der Waals surface area contributed by atoms with E-state index in [2.05, 4.69) is 9.97 Å². The van der Waals surface area contributed by atoms with Gasteiger partial charge in [-0.25, -0.2) is 4.98 Å². The average Bonchev–Trinajstić information content (AvgIpc) is 2.40. The maximum Gasteiger partial charge on any atom is 0.323 e. The maximum absolute atomic E-state index is 10.7. The van der Waals surface area contributed by atoms with Gasteiger partial charge >= 0.3 is 6.01 Å². The maximum atomic E-state index is 10.7. The molecule has 1 aromatic heterocycles. The summed E-state index contributed by atoms with van der Waals surface area (Å²) in [6.45, 7) is 3.40. The third-order valence-electron chi connectivity index (χ3n) is 2.52. The Morgan fingerprint density at radius 1 is 1.30 bits per heavy atom. The highest BCUT2D eigenvalue weighted by molar-refractivity contribution is 5.44. The normalized spacial score (nSPS) is 9.85. The second kappa shape index (κ2) is 5.32. The molecule has 7 heteroatoms. The van der Waals surface area contributed by atoms with Crippen molar-refractivity contribution in [3.05, 3.63) is 51.3 Å². The first-order chi connectivity index (χ1) is 9.49. The van der Waals surface area contributed by atoms with Crippen LogP contribution in [0.15, 0.2) is 24.3 Å². The lowest BCUT2D eigenvalue weighted by atomic mass is 10.2. The Kier molecular flexibility index (Phi) is 3.57. The third kappa shape index (κ3) is 2.87. The van der Waals surface area contributed by atoms with E-state index in [1.165, 1.54) is 24.3 Å². The molecule has 1 heterocycles. The number of nitro groups is 1. The van der Waals surface area contributed by atoms with Crippen LogP contribution in [0.5, 0.6) is 11.8 Å². The van der Waals surface area contributed by atoms with E-state index in [1.54, 1.807) is 13.8 Å². The fourth-order valence-electron chi connectivity index (χ4n) is 1.60. The molecular weight excluding hydrogens is 260 g/mol. The fourth-order valence-corrected chi connectivity index (χ4v) is 1.60. The zero-order valence-corrected chi connectivity index (χ0v) is 10.8. The largest absolute Gasteiger partial charge is 0.424 e. The van der Waals surface area contributed by atoms with Crippen LogP contribution in [0.3, 0.4) is 0 Å². The fraction of sp³-hybridized carbons (Fsp3) is 0.154. The van der Waals surface area contributed by atoms with Crippen molar-refractivity contribution in [1.82, 2.24) is 9.97 Å². The van der Waals surface area contributed by atoms with Crippen molar-refractivity contribution in [2.45, 2.75) is 13.8 Å². The Hall–Kier alpha value is -3.01. The number of non-ortho nitro benzene ring substituents is 1. The first-order valence-corrected chi connectivity index (χ1v) is 5.68. The van der Waals surface area contributed by atoms with E-state index in [-0.39, 0.29) is 17.4 Å². The molecule has 0 saturated heterocycles. The van der Waals surface area contributed by atoms with Crippen LogP contribution in [-0.2, 0) is 0 Å². The molecule has 0 aliphatic rings. The predicted molar refractivity (Wildman–Crippen MR) is 69.4 cm³/mol. The number of benzene rings is 1. The number of hydrogen-bond donors (Lipinski definition) is 0. The van der Waals surface area contributed by atoms with Crippen molar-refractivity contribution in [2.24, 2.45) is 0 Å². The highest BCUT2D eigenvalue weighted by Crippen LogP contribution is 2.26. The van der Waals surface area contributed by atoms with Crippen molar-refractivity contribution in [3.63, 3.8) is 0 Å². The van der Waals surface area contributed by atoms with Crippen molar-refractivity contribution in [3.8, 4) is 17.8 Å². The quantitative estimate of drug-likeness (QED) is 0.627. The summed E-state index contributed by atoms with van der Waals surface area (Å²) in [6, 6.07) is 7.70. The second-order valence-electron chi connectivity index (χ2n) is 4.10.